The van der Waals surface area contributed by atoms with E-state index in [-0.39, 0.29) is 17.5 Å². The second kappa shape index (κ2) is 6.99. The predicted molar refractivity (Wildman–Crippen MR) is 86.2 cm³/mol. The number of amides is 2. The molecule has 116 valence electrons. The second-order valence-electron chi connectivity index (χ2n) is 4.78. The summed E-state index contributed by atoms with van der Waals surface area (Å²) in [4.78, 5) is 33.3. The molecule has 0 fully saturated rings. The van der Waals surface area contributed by atoms with Crippen LogP contribution in [0.15, 0.2) is 23.7 Å². The van der Waals surface area contributed by atoms with E-state index in [9.17, 15) is 9.59 Å². The molecular formula is C14H17N5O2S. The molecule has 7 nitrogen and oxygen atoms in total. The summed E-state index contributed by atoms with van der Waals surface area (Å²) < 4.78 is 0. The average Bonchev–Trinajstić information content (AvgIpc) is 2.92. The largest absolute Gasteiger partial charge is 0.362 e. The smallest absolute Gasteiger partial charge is 0.271 e. The van der Waals surface area contributed by atoms with Gasteiger partial charge in [0.15, 0.2) is 5.13 Å². The number of pyridine rings is 1. The zero-order chi connectivity index (χ0) is 16.1. The molecule has 2 N–H and O–H groups in total. The molecular weight excluding hydrogens is 302 g/mol. The van der Waals surface area contributed by atoms with Gasteiger partial charge in [-0.2, -0.15) is 0 Å². The molecule has 2 aromatic rings. The van der Waals surface area contributed by atoms with Crippen molar-refractivity contribution in [2.75, 3.05) is 24.3 Å². The summed E-state index contributed by atoms with van der Waals surface area (Å²) in [6.45, 7) is 1.75. The normalized spacial score (nSPS) is 10.1. The third kappa shape index (κ3) is 4.01. The van der Waals surface area contributed by atoms with Gasteiger partial charge < -0.3 is 15.5 Å². The third-order valence-corrected chi connectivity index (χ3v) is 3.51. The standard InChI is InChI=1S/C14H17N5O2S/c1-9(20)17-14-18-11(8-22-14)13(21)16-7-10-5-4-6-15-12(10)19(2)3/h4-6,8H,7H2,1-3H3,(H,16,21)(H,17,18,20). The summed E-state index contributed by atoms with van der Waals surface area (Å²) >= 11 is 1.21. The number of aromatic nitrogens is 2. The first-order valence-corrected chi connectivity index (χ1v) is 7.48. The van der Waals surface area contributed by atoms with Gasteiger partial charge in [-0.1, -0.05) is 6.07 Å². The molecule has 2 amide bonds. The van der Waals surface area contributed by atoms with Crippen LogP contribution in [0.4, 0.5) is 10.9 Å². The minimum Gasteiger partial charge on any atom is -0.362 e. The maximum Gasteiger partial charge on any atom is 0.271 e. The Hall–Kier alpha value is -2.48. The van der Waals surface area contributed by atoms with Crippen LogP contribution in [0.5, 0.6) is 0 Å². The van der Waals surface area contributed by atoms with E-state index in [0.29, 0.717) is 11.7 Å². The third-order valence-electron chi connectivity index (χ3n) is 2.75. The van der Waals surface area contributed by atoms with Gasteiger partial charge in [-0.15, -0.1) is 11.3 Å². The molecule has 2 aromatic heterocycles. The van der Waals surface area contributed by atoms with E-state index >= 15 is 0 Å². The van der Waals surface area contributed by atoms with E-state index in [1.165, 1.54) is 18.3 Å². The van der Waals surface area contributed by atoms with Crippen molar-refractivity contribution in [2.24, 2.45) is 0 Å². The Balaban J connectivity index is 2.01. The van der Waals surface area contributed by atoms with Crippen molar-refractivity contribution in [2.45, 2.75) is 13.5 Å². The monoisotopic (exact) mass is 319 g/mol. The molecule has 0 radical (unpaired) electrons. The van der Waals surface area contributed by atoms with Gasteiger partial charge in [-0.05, 0) is 6.07 Å². The van der Waals surface area contributed by atoms with Crippen LogP contribution in [-0.2, 0) is 11.3 Å². The molecule has 0 unspecified atom stereocenters. The lowest BCUT2D eigenvalue weighted by molar-refractivity contribution is -0.114. The fourth-order valence-electron chi connectivity index (χ4n) is 1.82. The van der Waals surface area contributed by atoms with E-state index in [0.717, 1.165) is 11.4 Å². The lowest BCUT2D eigenvalue weighted by atomic mass is 10.2. The number of nitrogens with one attached hydrogen (secondary N) is 2. The number of hydrogen-bond donors (Lipinski definition) is 2. The van der Waals surface area contributed by atoms with Crippen molar-refractivity contribution in [3.05, 3.63) is 35.0 Å². The molecule has 0 aliphatic heterocycles. The first-order chi connectivity index (χ1) is 10.5. The van der Waals surface area contributed by atoms with Gasteiger partial charge in [0.1, 0.15) is 11.5 Å². The van der Waals surface area contributed by atoms with Crippen LogP contribution >= 0.6 is 11.3 Å². The number of carbonyl (C=O) groups excluding carboxylic acids is 2. The van der Waals surface area contributed by atoms with Crippen molar-refractivity contribution < 1.29 is 9.59 Å². The molecule has 0 saturated heterocycles. The van der Waals surface area contributed by atoms with Crippen LogP contribution in [-0.4, -0.2) is 35.9 Å². The predicted octanol–water partition coefficient (Wildman–Crippen LogP) is 1.49. The minimum absolute atomic E-state index is 0.215. The topological polar surface area (TPSA) is 87.2 Å². The Labute approximate surface area is 132 Å². The minimum atomic E-state index is -0.290. The van der Waals surface area contributed by atoms with Gasteiger partial charge in [0.05, 0.1) is 0 Å². The van der Waals surface area contributed by atoms with Crippen LogP contribution in [0.25, 0.3) is 0 Å². The fraction of sp³-hybridized carbons (Fsp3) is 0.286. The van der Waals surface area contributed by atoms with Gasteiger partial charge >= 0.3 is 0 Å². The Morgan fingerprint density at radius 2 is 2.14 bits per heavy atom. The Morgan fingerprint density at radius 3 is 2.82 bits per heavy atom. The quantitative estimate of drug-likeness (QED) is 0.872. The summed E-state index contributed by atoms with van der Waals surface area (Å²) in [5, 5.41) is 7.37. The highest BCUT2D eigenvalue weighted by molar-refractivity contribution is 7.14. The van der Waals surface area contributed by atoms with Crippen LogP contribution in [0.3, 0.4) is 0 Å². The first kappa shape index (κ1) is 15.9. The summed E-state index contributed by atoms with van der Waals surface area (Å²) in [6.07, 6.45) is 1.71. The summed E-state index contributed by atoms with van der Waals surface area (Å²) in [5.41, 5.74) is 1.20. The number of hydrogen-bond acceptors (Lipinski definition) is 6. The molecule has 22 heavy (non-hydrogen) atoms. The number of thiazole rings is 1. The first-order valence-electron chi connectivity index (χ1n) is 6.60. The summed E-state index contributed by atoms with van der Waals surface area (Å²) in [6, 6.07) is 3.73. The molecule has 0 aromatic carbocycles. The lowest BCUT2D eigenvalue weighted by Gasteiger charge is -2.15. The summed E-state index contributed by atoms with van der Waals surface area (Å²) in [7, 11) is 3.79. The molecule has 0 atom stereocenters. The van der Waals surface area contributed by atoms with Gasteiger partial charge in [-0.3, -0.25) is 9.59 Å². The van der Waals surface area contributed by atoms with E-state index in [1.807, 2.05) is 31.1 Å². The maximum absolute atomic E-state index is 12.1. The lowest BCUT2D eigenvalue weighted by Crippen LogP contribution is -2.25. The van der Waals surface area contributed by atoms with Crippen molar-refractivity contribution in [1.29, 1.82) is 0 Å². The van der Waals surface area contributed by atoms with Crippen molar-refractivity contribution in [1.82, 2.24) is 15.3 Å². The van der Waals surface area contributed by atoms with Crippen LogP contribution in [0.1, 0.15) is 23.0 Å². The molecule has 0 spiro atoms. The van der Waals surface area contributed by atoms with E-state index < -0.39 is 0 Å². The number of rotatable bonds is 5. The van der Waals surface area contributed by atoms with E-state index in [1.54, 1.807) is 11.6 Å². The number of carbonyl (C=O) groups is 2. The highest BCUT2D eigenvalue weighted by Gasteiger charge is 2.12. The van der Waals surface area contributed by atoms with Crippen molar-refractivity contribution in [3.8, 4) is 0 Å². The number of anilines is 2. The van der Waals surface area contributed by atoms with Crippen LogP contribution in [0.2, 0.25) is 0 Å². The average molecular weight is 319 g/mol. The fourth-order valence-corrected chi connectivity index (χ4v) is 2.56. The van der Waals surface area contributed by atoms with Gasteiger partial charge in [-0.25, -0.2) is 9.97 Å². The molecule has 0 saturated carbocycles. The molecule has 2 heterocycles. The van der Waals surface area contributed by atoms with Gasteiger partial charge in [0, 0.05) is 44.7 Å². The van der Waals surface area contributed by atoms with Crippen molar-refractivity contribution >= 4 is 34.1 Å². The SMILES string of the molecule is CC(=O)Nc1nc(C(=O)NCc2cccnc2N(C)C)cs1. The number of nitrogens with zero attached hydrogens (tertiary/aromatic N) is 3. The second-order valence-corrected chi connectivity index (χ2v) is 5.64. The van der Waals surface area contributed by atoms with Gasteiger partial charge in [0.25, 0.3) is 5.91 Å². The Bertz CT molecular complexity index is 683. The van der Waals surface area contributed by atoms with Crippen LogP contribution < -0.4 is 15.5 Å². The zero-order valence-corrected chi connectivity index (χ0v) is 13.4. The highest BCUT2D eigenvalue weighted by atomic mass is 32.1. The van der Waals surface area contributed by atoms with Crippen molar-refractivity contribution in [3.63, 3.8) is 0 Å². The van der Waals surface area contributed by atoms with E-state index in [4.69, 9.17) is 0 Å². The van der Waals surface area contributed by atoms with E-state index in [2.05, 4.69) is 20.6 Å². The molecule has 0 aliphatic carbocycles. The molecule has 0 aliphatic rings. The molecule has 2 rings (SSSR count). The zero-order valence-electron chi connectivity index (χ0n) is 12.6. The molecule has 0 bridgehead atoms. The molecule has 8 heteroatoms. The Kier molecular flexibility index (Phi) is 5.05. The van der Waals surface area contributed by atoms with Gasteiger partial charge in [0.2, 0.25) is 5.91 Å². The van der Waals surface area contributed by atoms with Crippen LogP contribution in [0, 0.1) is 0 Å². The summed E-state index contributed by atoms with van der Waals surface area (Å²) in [5.74, 6) is 0.300. The maximum atomic E-state index is 12.1. The Morgan fingerprint density at radius 1 is 1.36 bits per heavy atom. The highest BCUT2D eigenvalue weighted by Crippen LogP contribution is 2.16.